The van der Waals surface area contributed by atoms with Gasteiger partial charge in [-0.05, 0) is 31.4 Å². The molecule has 4 rings (SSSR count). The van der Waals surface area contributed by atoms with Crippen molar-refractivity contribution in [3.05, 3.63) is 45.9 Å². The van der Waals surface area contributed by atoms with E-state index in [1.165, 1.54) is 16.3 Å². The maximum atomic E-state index is 12.0. The van der Waals surface area contributed by atoms with E-state index in [1.54, 1.807) is 11.3 Å². The number of nitrogens with one attached hydrogen (secondary N) is 1. The van der Waals surface area contributed by atoms with Crippen LogP contribution in [0.25, 0.3) is 0 Å². The second-order valence-corrected chi connectivity index (χ2v) is 9.53. The standard InChI is InChI=1S/C24H33N5OS.HI/c1-4-25-24(26-14-19-16-31-23(27-19)17(2)3)29-15-18(20-8-5-6-9-21(20)29)11-13-28-12-7-10-22(28)30;/h5-6,8-9,16-18H,4,7,10-15H2,1-3H3,(H,25,26);1H. The molecule has 3 heterocycles. The number of rotatable bonds is 7. The number of amides is 1. The number of anilines is 1. The van der Waals surface area contributed by atoms with Gasteiger partial charge in [0.05, 0.1) is 17.2 Å². The van der Waals surface area contributed by atoms with Crippen LogP contribution in [0.4, 0.5) is 5.69 Å². The molecule has 1 aromatic carbocycles. The Kier molecular flexibility index (Phi) is 8.93. The third-order valence-corrected chi connectivity index (χ3v) is 7.23. The molecule has 1 amide bonds. The maximum Gasteiger partial charge on any atom is 0.222 e. The Labute approximate surface area is 212 Å². The number of likely N-dealkylation sites (tertiary alicyclic amines) is 1. The lowest BCUT2D eigenvalue weighted by Gasteiger charge is -2.23. The van der Waals surface area contributed by atoms with Gasteiger partial charge in [0.25, 0.3) is 0 Å². The smallest absolute Gasteiger partial charge is 0.222 e. The third kappa shape index (κ3) is 5.62. The van der Waals surface area contributed by atoms with Gasteiger partial charge < -0.3 is 15.1 Å². The lowest BCUT2D eigenvalue weighted by molar-refractivity contribution is -0.127. The summed E-state index contributed by atoms with van der Waals surface area (Å²) in [6, 6.07) is 8.62. The summed E-state index contributed by atoms with van der Waals surface area (Å²) in [4.78, 5) is 26.0. The topological polar surface area (TPSA) is 60.8 Å². The lowest BCUT2D eigenvalue weighted by Crippen LogP contribution is -2.41. The molecular weight excluding hydrogens is 533 g/mol. The largest absolute Gasteiger partial charge is 0.356 e. The zero-order chi connectivity index (χ0) is 21.8. The van der Waals surface area contributed by atoms with E-state index in [2.05, 4.69) is 60.6 Å². The Morgan fingerprint density at radius 2 is 2.16 bits per heavy atom. The summed E-state index contributed by atoms with van der Waals surface area (Å²) in [6.45, 7) is 10.5. The van der Waals surface area contributed by atoms with Crippen molar-refractivity contribution in [1.29, 1.82) is 0 Å². The number of carbonyl (C=O) groups excluding carboxylic acids is 1. The molecule has 0 radical (unpaired) electrons. The first-order valence-electron chi connectivity index (χ1n) is 11.4. The normalized spacial score (nSPS) is 18.3. The molecule has 8 heteroatoms. The molecule has 2 aromatic rings. The van der Waals surface area contributed by atoms with E-state index in [0.29, 0.717) is 30.7 Å². The number of nitrogens with zero attached hydrogens (tertiary/aromatic N) is 4. The van der Waals surface area contributed by atoms with Gasteiger partial charge in [-0.3, -0.25) is 4.79 Å². The van der Waals surface area contributed by atoms with E-state index in [4.69, 9.17) is 9.98 Å². The summed E-state index contributed by atoms with van der Waals surface area (Å²) >= 11 is 1.72. The molecule has 1 N–H and O–H groups in total. The first-order valence-corrected chi connectivity index (χ1v) is 12.3. The number of hydrogen-bond acceptors (Lipinski definition) is 4. The number of benzene rings is 1. The van der Waals surface area contributed by atoms with Crippen molar-refractivity contribution in [2.75, 3.05) is 31.1 Å². The summed E-state index contributed by atoms with van der Waals surface area (Å²) in [5.74, 6) is 2.07. The number of thiazole rings is 1. The van der Waals surface area contributed by atoms with Crippen molar-refractivity contribution in [2.45, 2.75) is 58.4 Å². The first kappa shape index (κ1) is 25.0. The Hall–Kier alpha value is -1.68. The molecular formula is C24H34IN5OS. The number of aromatic nitrogens is 1. The van der Waals surface area contributed by atoms with Gasteiger partial charge in [-0.2, -0.15) is 0 Å². The molecule has 0 saturated carbocycles. The van der Waals surface area contributed by atoms with Crippen LogP contribution in [-0.2, 0) is 11.3 Å². The highest BCUT2D eigenvalue weighted by atomic mass is 127. The highest BCUT2D eigenvalue weighted by molar-refractivity contribution is 14.0. The van der Waals surface area contributed by atoms with Gasteiger partial charge in [-0.15, -0.1) is 35.3 Å². The van der Waals surface area contributed by atoms with Crippen LogP contribution in [0.2, 0.25) is 0 Å². The molecule has 1 aromatic heterocycles. The van der Waals surface area contributed by atoms with Gasteiger partial charge in [0, 0.05) is 55.5 Å². The van der Waals surface area contributed by atoms with Gasteiger partial charge >= 0.3 is 0 Å². The van der Waals surface area contributed by atoms with E-state index < -0.39 is 0 Å². The predicted molar refractivity (Wildman–Crippen MR) is 143 cm³/mol. The number of fused-ring (bicyclic) bond motifs is 1. The van der Waals surface area contributed by atoms with Gasteiger partial charge in [0.2, 0.25) is 5.91 Å². The van der Waals surface area contributed by atoms with Crippen molar-refractivity contribution in [3.63, 3.8) is 0 Å². The SMILES string of the molecule is CCNC(=NCc1csc(C(C)C)n1)N1CC(CCN2CCCC2=O)c2ccccc21.I. The average molecular weight is 568 g/mol. The predicted octanol–water partition coefficient (Wildman–Crippen LogP) is 4.97. The Bertz CT molecular complexity index is 944. The van der Waals surface area contributed by atoms with Crippen LogP contribution in [0.15, 0.2) is 34.6 Å². The lowest BCUT2D eigenvalue weighted by atomic mass is 9.98. The van der Waals surface area contributed by atoms with Crippen LogP contribution in [0.3, 0.4) is 0 Å². The van der Waals surface area contributed by atoms with Gasteiger partial charge in [-0.1, -0.05) is 32.0 Å². The zero-order valence-corrected chi connectivity index (χ0v) is 22.4. The number of hydrogen-bond donors (Lipinski definition) is 1. The number of guanidine groups is 1. The summed E-state index contributed by atoms with van der Waals surface area (Å²) in [5, 5.41) is 6.76. The minimum atomic E-state index is 0. The van der Waals surface area contributed by atoms with E-state index in [0.717, 1.165) is 50.7 Å². The third-order valence-electron chi connectivity index (χ3n) is 6.03. The molecule has 1 unspecified atom stereocenters. The fourth-order valence-corrected chi connectivity index (χ4v) is 5.23. The van der Waals surface area contributed by atoms with E-state index in [-0.39, 0.29) is 24.0 Å². The van der Waals surface area contributed by atoms with E-state index in [1.807, 2.05) is 4.90 Å². The molecule has 1 atom stereocenters. The monoisotopic (exact) mass is 567 g/mol. The molecule has 6 nitrogen and oxygen atoms in total. The first-order chi connectivity index (χ1) is 15.1. The van der Waals surface area contributed by atoms with Crippen LogP contribution in [0, 0.1) is 0 Å². The van der Waals surface area contributed by atoms with Gasteiger partial charge in [-0.25, -0.2) is 9.98 Å². The minimum Gasteiger partial charge on any atom is -0.356 e. The van der Waals surface area contributed by atoms with Crippen LogP contribution < -0.4 is 10.2 Å². The molecule has 2 aliphatic rings. The Balaban J connectivity index is 0.00000289. The summed E-state index contributed by atoms with van der Waals surface area (Å²) < 4.78 is 0. The molecule has 174 valence electrons. The van der Waals surface area contributed by atoms with Crippen molar-refractivity contribution in [3.8, 4) is 0 Å². The molecule has 0 aliphatic carbocycles. The minimum absolute atomic E-state index is 0. The molecule has 1 saturated heterocycles. The fraction of sp³-hybridized carbons (Fsp3) is 0.542. The highest BCUT2D eigenvalue weighted by Gasteiger charge is 2.32. The van der Waals surface area contributed by atoms with Crippen molar-refractivity contribution in [2.24, 2.45) is 4.99 Å². The van der Waals surface area contributed by atoms with Crippen molar-refractivity contribution >= 4 is 52.9 Å². The van der Waals surface area contributed by atoms with Crippen molar-refractivity contribution in [1.82, 2.24) is 15.2 Å². The molecule has 1 fully saturated rings. The number of aliphatic imine (C=N–C) groups is 1. The van der Waals surface area contributed by atoms with Crippen LogP contribution in [0.1, 0.15) is 68.1 Å². The van der Waals surface area contributed by atoms with Gasteiger partial charge in [0.1, 0.15) is 0 Å². The second kappa shape index (κ2) is 11.4. The van der Waals surface area contributed by atoms with E-state index in [9.17, 15) is 4.79 Å². The molecule has 0 bridgehead atoms. The zero-order valence-electron chi connectivity index (χ0n) is 19.2. The average Bonchev–Trinajstić information content (AvgIpc) is 3.48. The summed E-state index contributed by atoms with van der Waals surface area (Å²) in [7, 11) is 0. The molecule has 0 spiro atoms. The number of para-hydroxylation sites is 1. The van der Waals surface area contributed by atoms with Gasteiger partial charge in [0.15, 0.2) is 5.96 Å². The number of carbonyl (C=O) groups is 1. The molecule has 32 heavy (non-hydrogen) atoms. The fourth-order valence-electron chi connectivity index (χ4n) is 4.41. The van der Waals surface area contributed by atoms with Crippen LogP contribution in [0.5, 0.6) is 0 Å². The second-order valence-electron chi connectivity index (χ2n) is 8.64. The number of halogens is 1. The summed E-state index contributed by atoms with van der Waals surface area (Å²) in [6.07, 6.45) is 2.70. The van der Waals surface area contributed by atoms with E-state index >= 15 is 0 Å². The van der Waals surface area contributed by atoms with Crippen molar-refractivity contribution < 1.29 is 4.79 Å². The Morgan fingerprint density at radius 3 is 2.84 bits per heavy atom. The Morgan fingerprint density at radius 1 is 1.34 bits per heavy atom. The molecule has 2 aliphatic heterocycles. The summed E-state index contributed by atoms with van der Waals surface area (Å²) in [5.41, 5.74) is 3.61. The highest BCUT2D eigenvalue weighted by Crippen LogP contribution is 2.38. The van der Waals surface area contributed by atoms with Crippen LogP contribution in [-0.4, -0.2) is 47.9 Å². The van der Waals surface area contributed by atoms with Crippen LogP contribution >= 0.6 is 35.3 Å². The maximum absolute atomic E-state index is 12.0. The quantitative estimate of drug-likeness (QED) is 0.292.